The highest BCUT2D eigenvalue weighted by atomic mass is 35.5. The summed E-state index contributed by atoms with van der Waals surface area (Å²) >= 11 is 13.8. The summed E-state index contributed by atoms with van der Waals surface area (Å²) in [6.07, 6.45) is 2.65. The van der Waals surface area contributed by atoms with Gasteiger partial charge in [-0.25, -0.2) is 0 Å². The molecular weight excluding hydrogens is 277 g/mol. The minimum Gasteiger partial charge on any atom is -0.453 e. The maximum absolute atomic E-state index is 6.18. The summed E-state index contributed by atoms with van der Waals surface area (Å²) in [5.74, 6) is 0. The van der Waals surface area contributed by atoms with Crippen molar-refractivity contribution in [3.05, 3.63) is 44.5 Å². The van der Waals surface area contributed by atoms with E-state index in [1.807, 2.05) is 17.5 Å². The van der Waals surface area contributed by atoms with Crippen LogP contribution >= 0.6 is 34.5 Å². The van der Waals surface area contributed by atoms with Crippen LogP contribution < -0.4 is 5.32 Å². The lowest BCUT2D eigenvalue weighted by atomic mass is 10.1. The summed E-state index contributed by atoms with van der Waals surface area (Å²) in [4.78, 5) is 1.07. The fraction of sp³-hybridized carbons (Fsp3) is 0.333. The van der Waals surface area contributed by atoms with Gasteiger partial charge < -0.3 is 9.73 Å². The molecule has 0 saturated heterocycles. The van der Waals surface area contributed by atoms with Gasteiger partial charge in [-0.15, -0.1) is 11.3 Å². The maximum Gasteiger partial charge on any atom is 0.198 e. The van der Waals surface area contributed by atoms with Crippen molar-refractivity contribution in [2.75, 3.05) is 6.54 Å². The standard InChI is InChI=1S/C12H13Cl2NOS/c1-2-5-15-10(8-3-6-16-12(8)14)11-9(13)4-7-17-11/h3-4,6-7,10,15H,2,5H2,1H3. The van der Waals surface area contributed by atoms with E-state index in [1.165, 1.54) is 0 Å². The molecule has 0 aromatic carbocycles. The Hall–Kier alpha value is -0.480. The largest absolute Gasteiger partial charge is 0.453 e. The van der Waals surface area contributed by atoms with Gasteiger partial charge in [0.25, 0.3) is 0 Å². The predicted octanol–water partition coefficient (Wildman–Crippen LogP) is 4.74. The number of hydrogen-bond donors (Lipinski definition) is 1. The van der Waals surface area contributed by atoms with E-state index in [0.29, 0.717) is 5.22 Å². The molecule has 2 nitrogen and oxygen atoms in total. The first-order valence-electron chi connectivity index (χ1n) is 5.43. The van der Waals surface area contributed by atoms with Crippen molar-refractivity contribution < 1.29 is 4.42 Å². The fourth-order valence-corrected chi connectivity index (χ4v) is 3.14. The Kier molecular flexibility index (Phi) is 4.51. The molecule has 0 fully saturated rings. The lowest BCUT2D eigenvalue weighted by Crippen LogP contribution is -2.22. The third-order valence-electron chi connectivity index (χ3n) is 2.46. The van der Waals surface area contributed by atoms with Gasteiger partial charge in [0.15, 0.2) is 5.22 Å². The fourth-order valence-electron chi connectivity index (χ4n) is 1.65. The molecular formula is C12H13Cl2NOS. The molecule has 17 heavy (non-hydrogen) atoms. The molecule has 2 rings (SSSR count). The van der Waals surface area contributed by atoms with Crippen molar-refractivity contribution in [1.29, 1.82) is 0 Å². The van der Waals surface area contributed by atoms with E-state index in [0.717, 1.165) is 28.4 Å². The van der Waals surface area contributed by atoms with E-state index < -0.39 is 0 Å². The SMILES string of the molecule is CCCNC(c1ccoc1Cl)c1sccc1Cl. The minimum absolute atomic E-state index is 0.00806. The summed E-state index contributed by atoms with van der Waals surface area (Å²) in [5, 5.41) is 6.60. The van der Waals surface area contributed by atoms with Crippen LogP contribution in [0.5, 0.6) is 0 Å². The maximum atomic E-state index is 6.18. The van der Waals surface area contributed by atoms with Crippen LogP contribution in [0.1, 0.15) is 29.8 Å². The first kappa shape index (κ1) is 13.0. The monoisotopic (exact) mass is 289 g/mol. The van der Waals surface area contributed by atoms with Gasteiger partial charge in [-0.1, -0.05) is 18.5 Å². The van der Waals surface area contributed by atoms with Gasteiger partial charge in [-0.05, 0) is 42.1 Å². The van der Waals surface area contributed by atoms with Crippen LogP contribution in [0.4, 0.5) is 0 Å². The quantitative estimate of drug-likeness (QED) is 0.860. The minimum atomic E-state index is 0.00806. The van der Waals surface area contributed by atoms with E-state index in [9.17, 15) is 0 Å². The Labute approximate surface area is 115 Å². The zero-order valence-corrected chi connectivity index (χ0v) is 11.7. The van der Waals surface area contributed by atoms with Crippen LogP contribution in [0.2, 0.25) is 10.2 Å². The molecule has 0 saturated carbocycles. The molecule has 2 heterocycles. The van der Waals surface area contributed by atoms with Crippen molar-refractivity contribution >= 4 is 34.5 Å². The number of furan rings is 1. The third kappa shape index (κ3) is 2.86. The van der Waals surface area contributed by atoms with Gasteiger partial charge >= 0.3 is 0 Å². The highest BCUT2D eigenvalue weighted by molar-refractivity contribution is 7.10. The highest BCUT2D eigenvalue weighted by Gasteiger charge is 2.21. The first-order chi connectivity index (χ1) is 8.24. The second kappa shape index (κ2) is 5.91. The average molecular weight is 290 g/mol. The van der Waals surface area contributed by atoms with Crippen LogP contribution in [-0.2, 0) is 0 Å². The van der Waals surface area contributed by atoms with E-state index in [1.54, 1.807) is 17.6 Å². The van der Waals surface area contributed by atoms with Gasteiger partial charge in [0.05, 0.1) is 17.3 Å². The molecule has 0 aliphatic carbocycles. The van der Waals surface area contributed by atoms with Gasteiger partial charge in [0, 0.05) is 10.4 Å². The molecule has 0 radical (unpaired) electrons. The third-order valence-corrected chi connectivity index (χ3v) is 4.19. The highest BCUT2D eigenvalue weighted by Crippen LogP contribution is 2.36. The van der Waals surface area contributed by atoms with E-state index in [-0.39, 0.29) is 6.04 Å². The molecule has 0 amide bonds. The van der Waals surface area contributed by atoms with E-state index in [2.05, 4.69) is 12.2 Å². The van der Waals surface area contributed by atoms with Gasteiger partial charge in [-0.2, -0.15) is 0 Å². The normalized spacial score (nSPS) is 12.9. The Morgan fingerprint density at radius 2 is 2.24 bits per heavy atom. The van der Waals surface area contributed by atoms with Crippen LogP contribution in [-0.4, -0.2) is 6.54 Å². The van der Waals surface area contributed by atoms with Crippen molar-refractivity contribution in [1.82, 2.24) is 5.32 Å². The number of halogens is 2. The van der Waals surface area contributed by atoms with Gasteiger partial charge in [0.1, 0.15) is 0 Å². The number of hydrogen-bond acceptors (Lipinski definition) is 3. The first-order valence-corrected chi connectivity index (χ1v) is 7.06. The summed E-state index contributed by atoms with van der Waals surface area (Å²) in [7, 11) is 0. The van der Waals surface area contributed by atoms with Crippen LogP contribution in [0, 0.1) is 0 Å². The van der Waals surface area contributed by atoms with E-state index >= 15 is 0 Å². The van der Waals surface area contributed by atoms with Crippen molar-refractivity contribution in [3.63, 3.8) is 0 Å². The molecule has 5 heteroatoms. The molecule has 1 N–H and O–H groups in total. The van der Waals surface area contributed by atoms with Crippen molar-refractivity contribution in [3.8, 4) is 0 Å². The van der Waals surface area contributed by atoms with Crippen molar-refractivity contribution in [2.24, 2.45) is 0 Å². The van der Waals surface area contributed by atoms with Gasteiger partial charge in [0.2, 0.25) is 0 Å². The van der Waals surface area contributed by atoms with Crippen LogP contribution in [0.3, 0.4) is 0 Å². The summed E-state index contributed by atoms with van der Waals surface area (Å²) in [6.45, 7) is 3.03. The molecule has 1 unspecified atom stereocenters. The zero-order valence-electron chi connectivity index (χ0n) is 9.37. The smallest absolute Gasteiger partial charge is 0.198 e. The average Bonchev–Trinajstić information content (AvgIpc) is 2.90. The lowest BCUT2D eigenvalue weighted by molar-refractivity contribution is 0.552. The molecule has 0 bridgehead atoms. The Balaban J connectivity index is 2.32. The molecule has 2 aromatic rings. The topological polar surface area (TPSA) is 25.2 Å². The van der Waals surface area contributed by atoms with Crippen molar-refractivity contribution in [2.45, 2.75) is 19.4 Å². The molecule has 0 aliphatic heterocycles. The Morgan fingerprint density at radius 1 is 1.41 bits per heavy atom. The molecule has 92 valence electrons. The molecule has 1 atom stereocenters. The summed E-state index contributed by atoms with van der Waals surface area (Å²) in [5.41, 5.74) is 0.935. The second-order valence-corrected chi connectivity index (χ2v) is 5.37. The van der Waals surface area contributed by atoms with Crippen LogP contribution in [0.15, 0.2) is 28.2 Å². The molecule has 0 spiro atoms. The predicted molar refractivity (Wildman–Crippen MR) is 73.2 cm³/mol. The summed E-state index contributed by atoms with van der Waals surface area (Å²) < 4.78 is 5.15. The van der Waals surface area contributed by atoms with Gasteiger partial charge in [-0.3, -0.25) is 0 Å². The number of rotatable bonds is 5. The van der Waals surface area contributed by atoms with E-state index in [4.69, 9.17) is 27.6 Å². The molecule has 2 aromatic heterocycles. The Morgan fingerprint density at radius 3 is 2.76 bits per heavy atom. The lowest BCUT2D eigenvalue weighted by Gasteiger charge is -2.16. The van der Waals surface area contributed by atoms with Crippen LogP contribution in [0.25, 0.3) is 0 Å². The number of nitrogens with one attached hydrogen (secondary N) is 1. The molecule has 0 aliphatic rings. The number of thiophene rings is 1. The second-order valence-electron chi connectivity index (χ2n) is 3.67. The Bertz CT molecular complexity index is 440. The zero-order chi connectivity index (χ0) is 12.3. The summed E-state index contributed by atoms with van der Waals surface area (Å²) in [6, 6.07) is 3.79.